The molecule has 0 aromatic heterocycles. The predicted octanol–water partition coefficient (Wildman–Crippen LogP) is 3.42. The van der Waals surface area contributed by atoms with E-state index >= 15 is 0 Å². The lowest BCUT2D eigenvalue weighted by Crippen LogP contribution is -1.79. The summed E-state index contributed by atoms with van der Waals surface area (Å²) in [5, 5.41) is 3.32. The Labute approximate surface area is 90.9 Å². The number of benzene rings is 1. The predicted molar refractivity (Wildman–Crippen MR) is 59.8 cm³/mol. The first kappa shape index (κ1) is 10.6. The molecule has 0 bridgehead atoms. The van der Waals surface area contributed by atoms with Crippen LogP contribution in [-0.2, 0) is 0 Å². The molecule has 0 saturated carbocycles. The van der Waals surface area contributed by atoms with E-state index in [-0.39, 0.29) is 6.54 Å². The van der Waals surface area contributed by atoms with Crippen LogP contribution in [0.3, 0.4) is 0 Å². The zero-order valence-electron chi connectivity index (χ0n) is 7.66. The largest absolute Gasteiger partial charge is 0.0919 e. The van der Waals surface area contributed by atoms with Gasteiger partial charge in [-0.1, -0.05) is 32.9 Å². The van der Waals surface area contributed by atoms with Gasteiger partial charge in [0.25, 0.3) is 0 Å². The van der Waals surface area contributed by atoms with Gasteiger partial charge in [0.1, 0.15) is 0 Å². The average Bonchev–Trinajstić information content (AvgIpc) is 2.18. The topological polar surface area (TPSA) is 48.8 Å². The summed E-state index contributed by atoms with van der Waals surface area (Å²) in [6, 6.07) is 5.85. The molecule has 0 spiro atoms. The summed E-state index contributed by atoms with van der Waals surface area (Å²) < 4.78 is 1.07. The highest BCUT2D eigenvalue weighted by Gasteiger charge is 1.93. The van der Waals surface area contributed by atoms with Gasteiger partial charge in [0.2, 0.25) is 0 Å². The molecule has 0 atom stereocenters. The summed E-state index contributed by atoms with van der Waals surface area (Å²) in [4.78, 5) is 2.61. The first-order valence-electron chi connectivity index (χ1n) is 4.00. The van der Waals surface area contributed by atoms with Crippen LogP contribution in [-0.4, -0.2) is 6.54 Å². The molecule has 3 nitrogen and oxygen atoms in total. The highest BCUT2D eigenvalue weighted by Crippen LogP contribution is 2.16. The average molecular weight is 250 g/mol. The molecule has 0 radical (unpaired) electrons. The fourth-order valence-corrected chi connectivity index (χ4v) is 1.18. The number of azide groups is 1. The summed E-state index contributed by atoms with van der Waals surface area (Å²) in [6.45, 7) is 2.22. The van der Waals surface area contributed by atoms with Crippen molar-refractivity contribution >= 4 is 15.9 Å². The smallest absolute Gasteiger partial charge is 0.0880 e. The van der Waals surface area contributed by atoms with Gasteiger partial charge in [-0.2, -0.15) is 0 Å². The highest BCUT2D eigenvalue weighted by atomic mass is 79.9. The van der Waals surface area contributed by atoms with Crippen LogP contribution in [0.1, 0.15) is 11.1 Å². The van der Waals surface area contributed by atoms with Gasteiger partial charge in [-0.15, -0.1) is 0 Å². The molecule has 0 aliphatic heterocycles. The van der Waals surface area contributed by atoms with Crippen molar-refractivity contribution in [1.29, 1.82) is 0 Å². The van der Waals surface area contributed by atoms with E-state index in [0.717, 1.165) is 15.6 Å². The Morgan fingerprint density at radius 2 is 2.36 bits per heavy atom. The number of nitrogens with zero attached hydrogens (tertiary/aromatic N) is 3. The Hall–Kier alpha value is -1.43. The molecule has 0 aliphatic carbocycles. The van der Waals surface area contributed by atoms with E-state index in [1.54, 1.807) is 0 Å². The van der Waals surface area contributed by atoms with Gasteiger partial charge in [-0.25, -0.2) is 0 Å². The fourth-order valence-electron chi connectivity index (χ4n) is 0.931. The van der Waals surface area contributed by atoms with Crippen molar-refractivity contribution in [2.24, 2.45) is 5.11 Å². The highest BCUT2D eigenvalue weighted by molar-refractivity contribution is 9.10. The fraction of sp³-hybridized carbons (Fsp3) is 0.200. The maximum atomic E-state index is 8.03. The van der Waals surface area contributed by atoms with Crippen LogP contribution in [0.2, 0.25) is 0 Å². The molecule has 0 fully saturated rings. The van der Waals surface area contributed by atoms with Gasteiger partial charge in [0, 0.05) is 14.9 Å². The van der Waals surface area contributed by atoms with Gasteiger partial charge in [0.15, 0.2) is 0 Å². The molecule has 0 amide bonds. The first-order valence-corrected chi connectivity index (χ1v) is 4.79. The molecule has 1 rings (SSSR count). The maximum Gasteiger partial charge on any atom is 0.0880 e. The van der Waals surface area contributed by atoms with Crippen LogP contribution in [0.5, 0.6) is 0 Å². The maximum absolute atomic E-state index is 8.03. The first-order chi connectivity index (χ1) is 6.74. The molecule has 0 unspecified atom stereocenters. The minimum atomic E-state index is 0.214. The van der Waals surface area contributed by atoms with Crippen LogP contribution < -0.4 is 0 Å². The zero-order valence-corrected chi connectivity index (χ0v) is 9.24. The van der Waals surface area contributed by atoms with Crippen LogP contribution in [0, 0.1) is 18.8 Å². The van der Waals surface area contributed by atoms with E-state index in [1.807, 2.05) is 25.1 Å². The van der Waals surface area contributed by atoms with Gasteiger partial charge < -0.3 is 0 Å². The molecule has 14 heavy (non-hydrogen) atoms. The second-order valence-electron chi connectivity index (χ2n) is 2.65. The Morgan fingerprint density at radius 1 is 1.57 bits per heavy atom. The summed E-state index contributed by atoms with van der Waals surface area (Å²) in [5.74, 6) is 5.68. The number of rotatable bonds is 1. The molecular weight excluding hydrogens is 242 g/mol. The van der Waals surface area contributed by atoms with E-state index in [1.165, 1.54) is 0 Å². The number of hydrogen-bond donors (Lipinski definition) is 0. The molecule has 4 heteroatoms. The van der Waals surface area contributed by atoms with Crippen molar-refractivity contribution in [2.75, 3.05) is 6.54 Å². The Kier molecular flexibility index (Phi) is 4.06. The third kappa shape index (κ3) is 3.14. The Bertz CT molecular complexity index is 436. The third-order valence-corrected chi connectivity index (χ3v) is 2.49. The second-order valence-corrected chi connectivity index (χ2v) is 3.51. The second kappa shape index (κ2) is 5.33. The third-order valence-electron chi connectivity index (χ3n) is 1.60. The van der Waals surface area contributed by atoms with Crippen molar-refractivity contribution in [3.63, 3.8) is 0 Å². The van der Waals surface area contributed by atoms with Gasteiger partial charge in [-0.3, -0.25) is 0 Å². The van der Waals surface area contributed by atoms with Crippen LogP contribution in [0.15, 0.2) is 27.8 Å². The Balaban J connectivity index is 2.80. The Morgan fingerprint density at radius 3 is 3.00 bits per heavy atom. The molecule has 0 aliphatic rings. The lowest BCUT2D eigenvalue weighted by Gasteiger charge is -1.96. The van der Waals surface area contributed by atoms with E-state index in [2.05, 4.69) is 37.8 Å². The summed E-state index contributed by atoms with van der Waals surface area (Å²) in [6.07, 6.45) is 0. The standard InChI is InChI=1S/C10H8BrN3/c1-8-7-9(4-5-10(8)11)3-2-6-13-14-12/h4-5,7H,6H2,1H3. The minimum absolute atomic E-state index is 0.214. The summed E-state index contributed by atoms with van der Waals surface area (Å²) in [7, 11) is 0. The van der Waals surface area contributed by atoms with Crippen LogP contribution in [0.25, 0.3) is 10.4 Å². The van der Waals surface area contributed by atoms with Crippen molar-refractivity contribution in [3.8, 4) is 11.8 Å². The SMILES string of the molecule is Cc1cc(C#CCN=[N+]=[N-])ccc1Br. The molecule has 0 heterocycles. The quantitative estimate of drug-likeness (QED) is 0.317. The van der Waals surface area contributed by atoms with Gasteiger partial charge in [0.05, 0.1) is 6.54 Å². The monoisotopic (exact) mass is 249 g/mol. The lowest BCUT2D eigenvalue weighted by molar-refractivity contribution is 1.25. The van der Waals surface area contributed by atoms with Crippen molar-refractivity contribution in [2.45, 2.75) is 6.92 Å². The summed E-state index contributed by atoms with van der Waals surface area (Å²) in [5.41, 5.74) is 10.1. The molecular formula is C10H8BrN3. The molecule has 1 aromatic rings. The van der Waals surface area contributed by atoms with Crippen LogP contribution in [0.4, 0.5) is 0 Å². The zero-order chi connectivity index (χ0) is 10.4. The lowest BCUT2D eigenvalue weighted by atomic mass is 10.1. The minimum Gasteiger partial charge on any atom is -0.0919 e. The van der Waals surface area contributed by atoms with Crippen LogP contribution >= 0.6 is 15.9 Å². The van der Waals surface area contributed by atoms with E-state index in [9.17, 15) is 0 Å². The number of aryl methyl sites for hydroxylation is 1. The molecule has 1 aromatic carbocycles. The van der Waals surface area contributed by atoms with E-state index < -0.39 is 0 Å². The number of hydrogen-bond acceptors (Lipinski definition) is 1. The van der Waals surface area contributed by atoms with Crippen molar-refractivity contribution < 1.29 is 0 Å². The molecule has 0 saturated heterocycles. The van der Waals surface area contributed by atoms with E-state index in [4.69, 9.17) is 5.53 Å². The van der Waals surface area contributed by atoms with Gasteiger partial charge >= 0.3 is 0 Å². The molecule has 0 N–H and O–H groups in total. The van der Waals surface area contributed by atoms with Crippen molar-refractivity contribution in [1.82, 2.24) is 0 Å². The molecule has 70 valence electrons. The normalized spacial score (nSPS) is 8.43. The number of halogens is 1. The van der Waals surface area contributed by atoms with Gasteiger partial charge in [-0.05, 0) is 36.2 Å². The van der Waals surface area contributed by atoms with E-state index in [0.29, 0.717) is 0 Å². The van der Waals surface area contributed by atoms with Crippen molar-refractivity contribution in [3.05, 3.63) is 44.2 Å². The summed E-state index contributed by atoms with van der Waals surface area (Å²) >= 11 is 3.41.